The lowest BCUT2D eigenvalue weighted by Crippen LogP contribution is -2.16. The molecule has 0 aliphatic carbocycles. The predicted molar refractivity (Wildman–Crippen MR) is 51.4 cm³/mol. The molecule has 0 amide bonds. The third kappa shape index (κ3) is 2.32. The van der Waals surface area contributed by atoms with Crippen LogP contribution in [0.15, 0.2) is 18.2 Å². The molecule has 0 fully saturated rings. The fourth-order valence-electron chi connectivity index (χ4n) is 1.03. The Balaban J connectivity index is 2.94. The summed E-state index contributed by atoms with van der Waals surface area (Å²) < 4.78 is 17.8. The molecular weight excluding hydrogens is 186 g/mol. The Labute approximate surface area is 81.8 Å². The van der Waals surface area contributed by atoms with Crippen molar-refractivity contribution < 1.29 is 18.9 Å². The molecule has 0 unspecified atom stereocenters. The van der Waals surface area contributed by atoms with Crippen LogP contribution in [0.2, 0.25) is 0 Å². The number of halogens is 1. The second-order valence-corrected chi connectivity index (χ2v) is 2.69. The molecule has 0 saturated heterocycles. The van der Waals surface area contributed by atoms with Crippen LogP contribution in [0, 0.1) is 5.82 Å². The van der Waals surface area contributed by atoms with Crippen LogP contribution in [-0.4, -0.2) is 25.1 Å². The molecule has 0 bridgehead atoms. The molecule has 1 aromatic rings. The van der Waals surface area contributed by atoms with Gasteiger partial charge in [0.1, 0.15) is 5.82 Å². The predicted octanol–water partition coefficient (Wildman–Crippen LogP) is -0.0285. The second-order valence-electron chi connectivity index (χ2n) is 2.69. The number of benzene rings is 1. The summed E-state index contributed by atoms with van der Waals surface area (Å²) in [7, 11) is -0.250. The van der Waals surface area contributed by atoms with Gasteiger partial charge in [-0.05, 0) is 19.1 Å². The third-order valence-electron chi connectivity index (χ3n) is 1.71. The van der Waals surface area contributed by atoms with Crippen molar-refractivity contribution in [3.63, 3.8) is 0 Å². The van der Waals surface area contributed by atoms with E-state index in [2.05, 4.69) is 4.74 Å². The highest BCUT2D eigenvalue weighted by molar-refractivity contribution is 6.45. The first-order valence-corrected chi connectivity index (χ1v) is 4.25. The molecule has 5 heteroatoms. The SMILES string of the molecule is CCOC(=O)c1ccc(BO)cc1F. The van der Waals surface area contributed by atoms with Crippen LogP contribution in [-0.2, 0) is 4.74 Å². The standard InChI is InChI=1S/C9H10BFO3/c1-2-14-9(12)7-4-3-6(10-13)5-8(7)11/h3-5,10,13H,2H2,1H3. The van der Waals surface area contributed by atoms with Gasteiger partial charge in [-0.25, -0.2) is 9.18 Å². The zero-order valence-electron chi connectivity index (χ0n) is 7.79. The second kappa shape index (κ2) is 4.76. The van der Waals surface area contributed by atoms with Crippen molar-refractivity contribution >= 4 is 18.9 Å². The van der Waals surface area contributed by atoms with Gasteiger partial charge in [0.05, 0.1) is 12.2 Å². The number of ether oxygens (including phenoxy) is 1. The van der Waals surface area contributed by atoms with Crippen LogP contribution in [0.5, 0.6) is 0 Å². The molecule has 0 saturated carbocycles. The van der Waals surface area contributed by atoms with E-state index in [1.165, 1.54) is 12.1 Å². The number of carbonyl (C=O) groups excluding carboxylic acids is 1. The molecule has 1 aromatic carbocycles. The first-order chi connectivity index (χ1) is 6.69. The molecule has 0 aromatic heterocycles. The van der Waals surface area contributed by atoms with Gasteiger partial charge in [-0.1, -0.05) is 11.5 Å². The topological polar surface area (TPSA) is 46.5 Å². The maximum absolute atomic E-state index is 13.2. The van der Waals surface area contributed by atoms with Crippen LogP contribution >= 0.6 is 0 Å². The minimum Gasteiger partial charge on any atom is -0.462 e. The molecule has 1 rings (SSSR count). The third-order valence-corrected chi connectivity index (χ3v) is 1.71. The first-order valence-electron chi connectivity index (χ1n) is 4.25. The molecule has 0 aliphatic rings. The fourth-order valence-corrected chi connectivity index (χ4v) is 1.03. The summed E-state index contributed by atoms with van der Waals surface area (Å²) in [4.78, 5) is 11.1. The lowest BCUT2D eigenvalue weighted by molar-refractivity contribution is 0.0521. The molecule has 0 radical (unpaired) electrons. The lowest BCUT2D eigenvalue weighted by atomic mass is 9.88. The van der Waals surface area contributed by atoms with Gasteiger partial charge in [0.25, 0.3) is 0 Å². The van der Waals surface area contributed by atoms with Crippen LogP contribution in [0.4, 0.5) is 4.39 Å². The van der Waals surface area contributed by atoms with Crippen LogP contribution in [0.3, 0.4) is 0 Å². The monoisotopic (exact) mass is 196 g/mol. The van der Waals surface area contributed by atoms with E-state index in [1.807, 2.05) is 0 Å². The van der Waals surface area contributed by atoms with Gasteiger partial charge in [0, 0.05) is 0 Å². The normalized spacial score (nSPS) is 9.64. The Morgan fingerprint density at radius 1 is 1.64 bits per heavy atom. The summed E-state index contributed by atoms with van der Waals surface area (Å²) in [6.45, 7) is 1.86. The van der Waals surface area contributed by atoms with E-state index in [9.17, 15) is 9.18 Å². The first kappa shape index (κ1) is 10.7. The minimum atomic E-state index is -0.686. The summed E-state index contributed by atoms with van der Waals surface area (Å²) in [5, 5.41) is 8.71. The fraction of sp³-hybridized carbons (Fsp3) is 0.222. The van der Waals surface area contributed by atoms with Crippen LogP contribution in [0.25, 0.3) is 0 Å². The lowest BCUT2D eigenvalue weighted by Gasteiger charge is -2.03. The van der Waals surface area contributed by atoms with Gasteiger partial charge in [0.15, 0.2) is 0 Å². The molecule has 0 aliphatic heterocycles. The van der Waals surface area contributed by atoms with Crippen molar-refractivity contribution in [2.75, 3.05) is 6.61 Å². The van der Waals surface area contributed by atoms with E-state index in [0.717, 1.165) is 6.07 Å². The molecule has 74 valence electrons. The molecule has 3 nitrogen and oxygen atoms in total. The maximum Gasteiger partial charge on any atom is 0.341 e. The Morgan fingerprint density at radius 2 is 2.36 bits per heavy atom. The molecule has 1 N–H and O–H groups in total. The highest BCUT2D eigenvalue weighted by Crippen LogP contribution is 2.06. The number of carbonyl (C=O) groups is 1. The van der Waals surface area contributed by atoms with E-state index in [4.69, 9.17) is 5.02 Å². The number of esters is 1. The van der Waals surface area contributed by atoms with Crippen molar-refractivity contribution in [1.82, 2.24) is 0 Å². The molecular formula is C9H10BFO3. The molecule has 14 heavy (non-hydrogen) atoms. The van der Waals surface area contributed by atoms with Crippen LogP contribution in [0.1, 0.15) is 17.3 Å². The molecule has 0 spiro atoms. The highest BCUT2D eigenvalue weighted by atomic mass is 19.1. The summed E-state index contributed by atoms with van der Waals surface area (Å²) in [5.41, 5.74) is 0.319. The largest absolute Gasteiger partial charge is 0.462 e. The summed E-state index contributed by atoms with van der Waals surface area (Å²) in [6.07, 6.45) is 0. The molecule has 0 atom stereocenters. The van der Waals surface area contributed by atoms with Crippen molar-refractivity contribution in [3.05, 3.63) is 29.6 Å². The van der Waals surface area contributed by atoms with Gasteiger partial charge < -0.3 is 9.76 Å². The highest BCUT2D eigenvalue weighted by Gasteiger charge is 2.12. The quantitative estimate of drug-likeness (QED) is 0.545. The Bertz CT molecular complexity index is 341. The zero-order valence-corrected chi connectivity index (χ0v) is 7.79. The van der Waals surface area contributed by atoms with E-state index in [-0.39, 0.29) is 19.7 Å². The zero-order chi connectivity index (χ0) is 10.6. The average molecular weight is 196 g/mol. The van der Waals surface area contributed by atoms with Gasteiger partial charge >= 0.3 is 13.5 Å². The van der Waals surface area contributed by atoms with Crippen molar-refractivity contribution in [2.24, 2.45) is 0 Å². The van der Waals surface area contributed by atoms with E-state index >= 15 is 0 Å². The average Bonchev–Trinajstić information content (AvgIpc) is 2.17. The Hall–Kier alpha value is -1.36. The molecule has 0 heterocycles. The van der Waals surface area contributed by atoms with Gasteiger partial charge in [0.2, 0.25) is 0 Å². The summed E-state index contributed by atoms with van der Waals surface area (Å²) >= 11 is 0. The minimum absolute atomic E-state index is 0.107. The van der Waals surface area contributed by atoms with Crippen molar-refractivity contribution in [1.29, 1.82) is 0 Å². The number of rotatable bonds is 3. The van der Waals surface area contributed by atoms with Gasteiger partial charge in [-0.3, -0.25) is 0 Å². The van der Waals surface area contributed by atoms with Gasteiger partial charge in [-0.2, -0.15) is 0 Å². The number of hydrogen-bond acceptors (Lipinski definition) is 3. The van der Waals surface area contributed by atoms with E-state index in [1.54, 1.807) is 6.92 Å². The number of hydrogen-bond donors (Lipinski definition) is 1. The summed E-state index contributed by atoms with van der Waals surface area (Å²) in [6, 6.07) is 3.90. The van der Waals surface area contributed by atoms with Crippen LogP contribution < -0.4 is 5.46 Å². The smallest absolute Gasteiger partial charge is 0.341 e. The maximum atomic E-state index is 13.2. The Morgan fingerprint density at radius 3 is 2.86 bits per heavy atom. The summed E-state index contributed by atoms with van der Waals surface area (Å²) in [5.74, 6) is -1.36. The van der Waals surface area contributed by atoms with E-state index in [0.29, 0.717) is 5.46 Å². The van der Waals surface area contributed by atoms with E-state index < -0.39 is 11.8 Å². The van der Waals surface area contributed by atoms with Gasteiger partial charge in [-0.15, -0.1) is 0 Å². The van der Waals surface area contributed by atoms with Crippen molar-refractivity contribution in [3.8, 4) is 0 Å². The Kier molecular flexibility index (Phi) is 3.65. The van der Waals surface area contributed by atoms with Crippen molar-refractivity contribution in [2.45, 2.75) is 6.92 Å².